The maximum Gasteiger partial charge on any atom is 0.123 e. The van der Waals surface area contributed by atoms with Crippen molar-refractivity contribution in [2.75, 3.05) is 29.5 Å². The quantitative estimate of drug-likeness (QED) is 0.761. The molecule has 0 spiro atoms. The Morgan fingerprint density at radius 2 is 2.06 bits per heavy atom. The van der Waals surface area contributed by atoms with Crippen molar-refractivity contribution in [1.82, 2.24) is 0 Å². The Bertz CT molecular complexity index is 403. The van der Waals surface area contributed by atoms with Crippen LogP contribution in [0.5, 0.6) is 0 Å². The van der Waals surface area contributed by atoms with Crippen LogP contribution in [0, 0.1) is 5.82 Å². The molecule has 1 aromatic rings. The zero-order valence-electron chi connectivity index (χ0n) is 8.79. The van der Waals surface area contributed by atoms with Gasteiger partial charge in [0.15, 0.2) is 0 Å². The number of alkyl halides is 1. The molecule has 1 aliphatic heterocycles. The van der Waals surface area contributed by atoms with E-state index >= 15 is 0 Å². The van der Waals surface area contributed by atoms with Crippen molar-refractivity contribution in [1.29, 1.82) is 0 Å². The Labute approximate surface area is 102 Å². The summed E-state index contributed by atoms with van der Waals surface area (Å²) in [5.74, 6) is 1.39. The zero-order valence-corrected chi connectivity index (χ0v) is 10.4. The summed E-state index contributed by atoms with van der Waals surface area (Å²) in [5.41, 5.74) is 1.77. The molecule has 2 rings (SSSR count). The van der Waals surface area contributed by atoms with Crippen molar-refractivity contribution in [2.45, 2.75) is 5.88 Å². The highest BCUT2D eigenvalue weighted by molar-refractivity contribution is 7.85. The van der Waals surface area contributed by atoms with E-state index in [2.05, 4.69) is 4.90 Å². The lowest BCUT2D eigenvalue weighted by Crippen LogP contribution is -2.38. The van der Waals surface area contributed by atoms with Crippen LogP contribution < -0.4 is 4.90 Å². The maximum absolute atomic E-state index is 13.0. The van der Waals surface area contributed by atoms with E-state index in [0.717, 1.165) is 24.3 Å². The summed E-state index contributed by atoms with van der Waals surface area (Å²) < 4.78 is 24.3. The molecular weight excluding hydrogens is 249 g/mol. The second kappa shape index (κ2) is 5.15. The van der Waals surface area contributed by atoms with Crippen molar-refractivity contribution in [3.8, 4) is 0 Å². The highest BCUT2D eigenvalue weighted by Crippen LogP contribution is 2.24. The lowest BCUT2D eigenvalue weighted by atomic mass is 10.1. The molecule has 0 bridgehead atoms. The van der Waals surface area contributed by atoms with Gasteiger partial charge in [-0.15, -0.1) is 11.6 Å². The molecule has 0 radical (unpaired) electrons. The van der Waals surface area contributed by atoms with E-state index in [9.17, 15) is 8.60 Å². The Balaban J connectivity index is 2.22. The molecule has 0 aromatic heterocycles. The molecule has 5 heteroatoms. The second-order valence-electron chi connectivity index (χ2n) is 3.74. The molecule has 16 heavy (non-hydrogen) atoms. The monoisotopic (exact) mass is 261 g/mol. The fourth-order valence-electron chi connectivity index (χ4n) is 1.85. The summed E-state index contributed by atoms with van der Waals surface area (Å²) in [4.78, 5) is 2.12. The minimum Gasteiger partial charge on any atom is -0.369 e. The average molecular weight is 262 g/mol. The van der Waals surface area contributed by atoms with E-state index in [-0.39, 0.29) is 5.82 Å². The van der Waals surface area contributed by atoms with Gasteiger partial charge < -0.3 is 4.90 Å². The van der Waals surface area contributed by atoms with E-state index in [0.29, 0.717) is 17.4 Å². The summed E-state index contributed by atoms with van der Waals surface area (Å²) in [6, 6.07) is 4.66. The van der Waals surface area contributed by atoms with Crippen LogP contribution in [-0.4, -0.2) is 28.8 Å². The maximum atomic E-state index is 13.0. The van der Waals surface area contributed by atoms with E-state index in [1.165, 1.54) is 12.1 Å². The van der Waals surface area contributed by atoms with Gasteiger partial charge in [0.2, 0.25) is 0 Å². The molecule has 88 valence electrons. The van der Waals surface area contributed by atoms with Gasteiger partial charge in [-0.1, -0.05) is 0 Å². The fraction of sp³-hybridized carbons (Fsp3) is 0.455. The van der Waals surface area contributed by atoms with Crippen LogP contribution in [0.2, 0.25) is 0 Å². The van der Waals surface area contributed by atoms with Crippen LogP contribution >= 0.6 is 11.6 Å². The lowest BCUT2D eigenvalue weighted by Gasteiger charge is -2.30. The first kappa shape index (κ1) is 11.9. The summed E-state index contributed by atoms with van der Waals surface area (Å²) in [6.07, 6.45) is 0. The van der Waals surface area contributed by atoms with Crippen LogP contribution in [0.25, 0.3) is 0 Å². The van der Waals surface area contributed by atoms with Crippen molar-refractivity contribution in [3.05, 3.63) is 29.6 Å². The average Bonchev–Trinajstić information content (AvgIpc) is 2.30. The van der Waals surface area contributed by atoms with Gasteiger partial charge in [0.05, 0.1) is 0 Å². The predicted molar refractivity (Wildman–Crippen MR) is 66.0 cm³/mol. The largest absolute Gasteiger partial charge is 0.369 e. The molecule has 0 saturated carbocycles. The van der Waals surface area contributed by atoms with Crippen LogP contribution in [0.1, 0.15) is 5.56 Å². The smallest absolute Gasteiger partial charge is 0.123 e. The number of hydrogen-bond donors (Lipinski definition) is 0. The summed E-state index contributed by atoms with van der Waals surface area (Å²) in [6.45, 7) is 1.50. The predicted octanol–water partition coefficient (Wildman–Crippen LogP) is 2.13. The van der Waals surface area contributed by atoms with E-state index < -0.39 is 10.8 Å². The second-order valence-corrected chi connectivity index (χ2v) is 5.71. The Hall–Kier alpha value is -0.610. The summed E-state index contributed by atoms with van der Waals surface area (Å²) in [7, 11) is -0.696. The third-order valence-corrected chi connectivity index (χ3v) is 4.27. The van der Waals surface area contributed by atoms with Gasteiger partial charge in [0, 0.05) is 47.0 Å². The molecule has 1 aliphatic rings. The van der Waals surface area contributed by atoms with Gasteiger partial charge in [-0.2, -0.15) is 0 Å². The van der Waals surface area contributed by atoms with Crippen molar-refractivity contribution in [2.24, 2.45) is 0 Å². The van der Waals surface area contributed by atoms with Gasteiger partial charge >= 0.3 is 0 Å². The first-order chi connectivity index (χ1) is 7.70. The molecular formula is C11H13ClFNOS. The molecule has 1 heterocycles. The molecule has 1 fully saturated rings. The van der Waals surface area contributed by atoms with Gasteiger partial charge in [-0.3, -0.25) is 4.21 Å². The van der Waals surface area contributed by atoms with Gasteiger partial charge in [0.1, 0.15) is 5.82 Å². The summed E-state index contributed by atoms with van der Waals surface area (Å²) >= 11 is 5.80. The first-order valence-corrected chi connectivity index (χ1v) is 7.17. The normalized spacial score (nSPS) is 17.8. The highest BCUT2D eigenvalue weighted by Gasteiger charge is 2.17. The SMILES string of the molecule is O=S1CCN(c2ccc(F)cc2CCl)CC1. The standard InChI is InChI=1S/C11H13ClFNOS/c12-8-9-7-10(13)1-2-11(9)14-3-5-16(15)6-4-14/h1-2,7H,3-6,8H2. The molecule has 0 amide bonds. The Morgan fingerprint density at radius 3 is 2.69 bits per heavy atom. The molecule has 1 saturated heterocycles. The van der Waals surface area contributed by atoms with Gasteiger partial charge in [0.25, 0.3) is 0 Å². The van der Waals surface area contributed by atoms with Crippen molar-refractivity contribution in [3.63, 3.8) is 0 Å². The van der Waals surface area contributed by atoms with Crippen LogP contribution in [0.3, 0.4) is 0 Å². The molecule has 0 atom stereocenters. The molecule has 0 aliphatic carbocycles. The number of nitrogens with zero attached hydrogens (tertiary/aromatic N) is 1. The molecule has 0 N–H and O–H groups in total. The van der Waals surface area contributed by atoms with Crippen LogP contribution in [-0.2, 0) is 16.7 Å². The number of hydrogen-bond acceptors (Lipinski definition) is 2. The molecule has 0 unspecified atom stereocenters. The summed E-state index contributed by atoms with van der Waals surface area (Å²) in [5, 5.41) is 0. The van der Waals surface area contributed by atoms with Crippen LogP contribution in [0.4, 0.5) is 10.1 Å². The van der Waals surface area contributed by atoms with Crippen molar-refractivity contribution < 1.29 is 8.60 Å². The minimum atomic E-state index is -0.696. The van der Waals surface area contributed by atoms with E-state index in [4.69, 9.17) is 11.6 Å². The lowest BCUT2D eigenvalue weighted by molar-refractivity contribution is 0.625. The van der Waals surface area contributed by atoms with Crippen LogP contribution in [0.15, 0.2) is 18.2 Å². The number of rotatable bonds is 2. The van der Waals surface area contributed by atoms with Gasteiger partial charge in [-0.05, 0) is 23.8 Å². The third kappa shape index (κ3) is 2.55. The number of benzene rings is 1. The van der Waals surface area contributed by atoms with Gasteiger partial charge in [-0.25, -0.2) is 4.39 Å². The molecule has 1 aromatic carbocycles. The first-order valence-electron chi connectivity index (χ1n) is 5.15. The number of anilines is 1. The molecule has 2 nitrogen and oxygen atoms in total. The number of halogens is 2. The van der Waals surface area contributed by atoms with E-state index in [1.54, 1.807) is 6.07 Å². The highest BCUT2D eigenvalue weighted by atomic mass is 35.5. The Morgan fingerprint density at radius 1 is 1.38 bits per heavy atom. The van der Waals surface area contributed by atoms with Crippen molar-refractivity contribution >= 4 is 28.1 Å². The third-order valence-electron chi connectivity index (χ3n) is 2.70. The topological polar surface area (TPSA) is 20.3 Å². The Kier molecular flexibility index (Phi) is 3.82. The zero-order chi connectivity index (χ0) is 11.5. The fourth-order valence-corrected chi connectivity index (χ4v) is 3.11. The van der Waals surface area contributed by atoms with E-state index in [1.807, 2.05) is 0 Å². The minimum absolute atomic E-state index is 0.264.